The molecule has 6 nitrogen and oxygen atoms in total. The average Bonchev–Trinajstić information content (AvgIpc) is 2.61. The zero-order valence-electron chi connectivity index (χ0n) is 14.8. The van der Waals surface area contributed by atoms with Gasteiger partial charge in [0.2, 0.25) is 0 Å². The van der Waals surface area contributed by atoms with Crippen molar-refractivity contribution in [2.24, 2.45) is 0 Å². The normalized spacial score (nSPS) is 10.8. The summed E-state index contributed by atoms with van der Waals surface area (Å²) in [6.07, 6.45) is 1.59. The quantitative estimate of drug-likeness (QED) is 0.658. The molecule has 3 aromatic rings. The minimum absolute atomic E-state index is 0.287. The van der Waals surface area contributed by atoms with Crippen molar-refractivity contribution in [3.63, 3.8) is 0 Å². The summed E-state index contributed by atoms with van der Waals surface area (Å²) in [5.41, 5.74) is 1.52. The summed E-state index contributed by atoms with van der Waals surface area (Å²) in [7, 11) is 2.82. The van der Waals surface area contributed by atoms with Crippen LogP contribution in [-0.2, 0) is 4.74 Å². The van der Waals surface area contributed by atoms with Crippen LogP contribution in [0.15, 0.2) is 35.3 Å². The van der Waals surface area contributed by atoms with E-state index in [0.29, 0.717) is 38.6 Å². The van der Waals surface area contributed by atoms with E-state index in [4.69, 9.17) is 21.1 Å². The molecule has 0 spiro atoms. The molecule has 0 saturated heterocycles. The molecule has 3 rings (SSSR count). The summed E-state index contributed by atoms with van der Waals surface area (Å²) in [4.78, 5) is 29.7. The van der Waals surface area contributed by atoms with Crippen molar-refractivity contribution in [3.05, 3.63) is 62.8 Å². The Morgan fingerprint density at radius 3 is 2.54 bits per heavy atom. The van der Waals surface area contributed by atoms with Crippen molar-refractivity contribution in [3.8, 4) is 11.4 Å². The first-order chi connectivity index (χ1) is 12.4. The largest absolute Gasteiger partial charge is 0.495 e. The number of hydrogen-bond donors (Lipinski definition) is 0. The highest BCUT2D eigenvalue weighted by Crippen LogP contribution is 2.27. The molecular weight excluding hydrogens is 356 g/mol. The Balaban J connectivity index is 2.40. The maximum Gasteiger partial charge on any atom is 0.340 e. The van der Waals surface area contributed by atoms with Crippen LogP contribution in [0.2, 0.25) is 5.02 Å². The fraction of sp³-hybridized carbons (Fsp3) is 0.211. The van der Waals surface area contributed by atoms with Gasteiger partial charge in [0.15, 0.2) is 0 Å². The van der Waals surface area contributed by atoms with Crippen LogP contribution in [0.1, 0.15) is 21.7 Å². The third-order valence-corrected chi connectivity index (χ3v) is 4.45. The Morgan fingerprint density at radius 2 is 1.88 bits per heavy atom. The van der Waals surface area contributed by atoms with Gasteiger partial charge in [0.05, 0.1) is 42.2 Å². The third kappa shape index (κ3) is 2.82. The highest BCUT2D eigenvalue weighted by atomic mass is 35.5. The van der Waals surface area contributed by atoms with Crippen molar-refractivity contribution in [2.75, 3.05) is 14.2 Å². The van der Waals surface area contributed by atoms with Crippen molar-refractivity contribution in [1.82, 2.24) is 9.55 Å². The molecule has 1 aromatic carbocycles. The summed E-state index contributed by atoms with van der Waals surface area (Å²) >= 11 is 6.09. The fourth-order valence-corrected chi connectivity index (χ4v) is 3.22. The van der Waals surface area contributed by atoms with Gasteiger partial charge in [-0.3, -0.25) is 14.3 Å². The van der Waals surface area contributed by atoms with Crippen LogP contribution in [0.5, 0.6) is 5.75 Å². The molecule has 0 bridgehead atoms. The van der Waals surface area contributed by atoms with Gasteiger partial charge in [-0.1, -0.05) is 11.6 Å². The van der Waals surface area contributed by atoms with Gasteiger partial charge in [-0.25, -0.2) is 4.79 Å². The van der Waals surface area contributed by atoms with E-state index < -0.39 is 5.97 Å². The highest BCUT2D eigenvalue weighted by molar-refractivity contribution is 6.30. The molecule has 0 aliphatic carbocycles. The monoisotopic (exact) mass is 372 g/mol. The van der Waals surface area contributed by atoms with E-state index in [2.05, 4.69) is 4.98 Å². The standard InChI is InChI=1S/C19H17ClN2O4/c1-10-16-13(17(11(2)21-10)19(24)26-4)7-8-22(18(16)23)14-9-12(20)5-6-15(14)25-3/h5-9H,1-4H3. The zero-order chi connectivity index (χ0) is 19.0. The molecule has 2 aromatic heterocycles. The van der Waals surface area contributed by atoms with Crippen molar-refractivity contribution in [2.45, 2.75) is 13.8 Å². The van der Waals surface area contributed by atoms with E-state index in [0.717, 1.165) is 0 Å². The first kappa shape index (κ1) is 17.9. The number of esters is 1. The summed E-state index contributed by atoms with van der Waals surface area (Å²) < 4.78 is 11.6. The molecule has 0 saturated carbocycles. The number of pyridine rings is 2. The number of ether oxygens (including phenoxy) is 2. The van der Waals surface area contributed by atoms with Crippen LogP contribution < -0.4 is 10.3 Å². The fourth-order valence-electron chi connectivity index (χ4n) is 3.05. The topological polar surface area (TPSA) is 70.4 Å². The van der Waals surface area contributed by atoms with Gasteiger partial charge in [-0.05, 0) is 38.1 Å². The first-order valence-corrected chi connectivity index (χ1v) is 8.21. The van der Waals surface area contributed by atoms with Gasteiger partial charge in [-0.2, -0.15) is 0 Å². The molecule has 0 fully saturated rings. The van der Waals surface area contributed by atoms with Gasteiger partial charge in [0.25, 0.3) is 5.56 Å². The number of halogens is 1. The summed E-state index contributed by atoms with van der Waals surface area (Å²) in [6, 6.07) is 6.72. The predicted octanol–water partition coefficient (Wildman–Crippen LogP) is 3.45. The van der Waals surface area contributed by atoms with Crippen molar-refractivity contribution < 1.29 is 14.3 Å². The lowest BCUT2D eigenvalue weighted by atomic mass is 10.0. The second-order valence-corrected chi connectivity index (χ2v) is 6.18. The molecule has 0 aliphatic rings. The minimum atomic E-state index is -0.530. The summed E-state index contributed by atoms with van der Waals surface area (Å²) in [5, 5.41) is 1.33. The first-order valence-electron chi connectivity index (χ1n) is 7.83. The van der Waals surface area contributed by atoms with E-state index in [-0.39, 0.29) is 11.1 Å². The lowest BCUT2D eigenvalue weighted by molar-refractivity contribution is 0.0601. The number of hydrogen-bond acceptors (Lipinski definition) is 5. The molecule has 0 N–H and O–H groups in total. The Bertz CT molecular complexity index is 1090. The predicted molar refractivity (Wildman–Crippen MR) is 99.7 cm³/mol. The van der Waals surface area contributed by atoms with Gasteiger partial charge in [0, 0.05) is 16.6 Å². The molecule has 7 heteroatoms. The molecule has 0 amide bonds. The number of carbonyl (C=O) groups is 1. The van der Waals surface area contributed by atoms with Crippen LogP contribution in [0.25, 0.3) is 16.5 Å². The number of nitrogens with zero attached hydrogens (tertiary/aromatic N) is 2. The van der Waals surface area contributed by atoms with E-state index >= 15 is 0 Å². The minimum Gasteiger partial charge on any atom is -0.495 e. The number of rotatable bonds is 3. The Kier molecular flexibility index (Phi) is 4.70. The van der Waals surface area contributed by atoms with Crippen LogP contribution in [0.4, 0.5) is 0 Å². The zero-order valence-corrected chi connectivity index (χ0v) is 15.5. The van der Waals surface area contributed by atoms with Gasteiger partial charge in [-0.15, -0.1) is 0 Å². The van der Waals surface area contributed by atoms with Crippen molar-refractivity contribution >= 4 is 28.3 Å². The average molecular weight is 373 g/mol. The Labute approximate surface area is 154 Å². The number of aromatic nitrogens is 2. The highest BCUT2D eigenvalue weighted by Gasteiger charge is 2.20. The maximum atomic E-state index is 13.2. The lowest BCUT2D eigenvalue weighted by Crippen LogP contribution is -2.21. The van der Waals surface area contributed by atoms with Crippen LogP contribution in [0.3, 0.4) is 0 Å². The van der Waals surface area contributed by atoms with E-state index in [1.807, 2.05) is 0 Å². The van der Waals surface area contributed by atoms with Gasteiger partial charge >= 0.3 is 5.97 Å². The smallest absolute Gasteiger partial charge is 0.340 e. The van der Waals surface area contributed by atoms with Crippen molar-refractivity contribution in [1.29, 1.82) is 0 Å². The van der Waals surface area contributed by atoms with Crippen LogP contribution in [0, 0.1) is 13.8 Å². The molecule has 134 valence electrons. The molecule has 2 heterocycles. The van der Waals surface area contributed by atoms with E-state index in [1.165, 1.54) is 18.8 Å². The summed E-state index contributed by atoms with van der Waals surface area (Å²) in [5.74, 6) is -0.0285. The Hall–Kier alpha value is -2.86. The number of carbonyl (C=O) groups excluding carboxylic acids is 1. The third-order valence-electron chi connectivity index (χ3n) is 4.21. The van der Waals surface area contributed by atoms with Gasteiger partial charge < -0.3 is 9.47 Å². The van der Waals surface area contributed by atoms with Crippen LogP contribution in [-0.4, -0.2) is 29.7 Å². The SMILES string of the molecule is COC(=O)c1c(C)nc(C)c2c(=O)n(-c3cc(Cl)ccc3OC)ccc12. The van der Waals surface area contributed by atoms with Crippen LogP contribution >= 0.6 is 11.6 Å². The van der Waals surface area contributed by atoms with E-state index in [9.17, 15) is 9.59 Å². The molecule has 0 radical (unpaired) electrons. The number of aryl methyl sites for hydroxylation is 2. The molecule has 0 aliphatic heterocycles. The van der Waals surface area contributed by atoms with Gasteiger partial charge in [0.1, 0.15) is 5.75 Å². The molecular formula is C19H17ClN2O4. The summed E-state index contributed by atoms with van der Waals surface area (Å²) in [6.45, 7) is 3.45. The maximum absolute atomic E-state index is 13.2. The second-order valence-electron chi connectivity index (χ2n) is 5.74. The molecule has 0 atom stereocenters. The number of fused-ring (bicyclic) bond motifs is 1. The molecule has 0 unspecified atom stereocenters. The molecule has 26 heavy (non-hydrogen) atoms. The number of methoxy groups -OCH3 is 2. The number of benzene rings is 1. The second kappa shape index (κ2) is 6.80. The Morgan fingerprint density at radius 1 is 1.15 bits per heavy atom. The lowest BCUT2D eigenvalue weighted by Gasteiger charge is -2.15. The van der Waals surface area contributed by atoms with E-state index in [1.54, 1.807) is 44.3 Å².